The molecule has 6 heteroatoms. The lowest BCUT2D eigenvalue weighted by Gasteiger charge is -2.20. The van der Waals surface area contributed by atoms with Gasteiger partial charge in [-0.05, 0) is 12.8 Å². The zero-order valence-corrected chi connectivity index (χ0v) is 9.35. The predicted octanol–water partition coefficient (Wildman–Crippen LogP) is 2.82. The van der Waals surface area contributed by atoms with Crippen LogP contribution < -0.4 is 0 Å². The predicted molar refractivity (Wildman–Crippen MR) is 54.8 cm³/mol. The molecule has 0 radical (unpaired) electrons. The summed E-state index contributed by atoms with van der Waals surface area (Å²) in [7, 11) is 0. The molecule has 2 heterocycles. The lowest BCUT2D eigenvalue weighted by atomic mass is 10.0. The largest absolute Gasteiger partial charge is 0.381 e. The summed E-state index contributed by atoms with van der Waals surface area (Å²) in [5, 5.41) is -0.453. The Kier molecular flexibility index (Phi) is 3.38. The molecule has 3 nitrogen and oxygen atoms in total. The fourth-order valence-corrected chi connectivity index (χ4v) is 1.94. The number of hydrogen-bond acceptors (Lipinski definition) is 3. The fourth-order valence-electron chi connectivity index (χ4n) is 1.54. The lowest BCUT2D eigenvalue weighted by molar-refractivity contribution is 0.0780. The Morgan fingerprint density at radius 2 is 1.93 bits per heavy atom. The third-order valence-electron chi connectivity index (χ3n) is 2.31. The van der Waals surface area contributed by atoms with E-state index in [-0.39, 0.29) is 16.2 Å². The molecule has 1 saturated heterocycles. The third-order valence-corrected chi connectivity index (χ3v) is 2.81. The van der Waals surface area contributed by atoms with Crippen LogP contribution in [0.5, 0.6) is 0 Å². The van der Waals surface area contributed by atoms with Crippen LogP contribution in [0, 0.1) is 5.82 Å². The van der Waals surface area contributed by atoms with Gasteiger partial charge >= 0.3 is 0 Å². The van der Waals surface area contributed by atoms with Crippen molar-refractivity contribution in [1.82, 2.24) is 9.97 Å². The molecule has 15 heavy (non-hydrogen) atoms. The molecule has 1 atom stereocenters. The second-order valence-corrected chi connectivity index (χ2v) is 4.11. The van der Waals surface area contributed by atoms with Crippen LogP contribution in [0.2, 0.25) is 10.3 Å². The van der Waals surface area contributed by atoms with Crippen LogP contribution in [0.4, 0.5) is 4.39 Å². The van der Waals surface area contributed by atoms with Crippen molar-refractivity contribution in [3.63, 3.8) is 0 Å². The summed E-state index contributed by atoms with van der Waals surface area (Å²) >= 11 is 11.2. The Balaban J connectivity index is 2.27. The molecule has 82 valence electrons. The average molecular weight is 251 g/mol. The van der Waals surface area contributed by atoms with Crippen molar-refractivity contribution in [2.75, 3.05) is 13.2 Å². The van der Waals surface area contributed by atoms with Gasteiger partial charge in [-0.25, -0.2) is 14.4 Å². The Bertz CT molecular complexity index is 346. The van der Waals surface area contributed by atoms with E-state index in [0.717, 1.165) is 19.4 Å². The normalized spacial score (nSPS) is 21.7. The number of ether oxygens (including phenoxy) is 1. The molecule has 1 aliphatic heterocycles. The fraction of sp³-hybridized carbons (Fsp3) is 0.556. The molecule has 2 rings (SSSR count). The monoisotopic (exact) mass is 250 g/mol. The van der Waals surface area contributed by atoms with Gasteiger partial charge in [0.15, 0.2) is 16.1 Å². The number of halogens is 3. The van der Waals surface area contributed by atoms with Crippen LogP contribution in [-0.4, -0.2) is 23.2 Å². The highest BCUT2D eigenvalue weighted by molar-refractivity contribution is 6.33. The summed E-state index contributed by atoms with van der Waals surface area (Å²) in [5.74, 6) is -0.237. The maximum absolute atomic E-state index is 13.1. The molecule has 0 amide bonds. The standard InChI is InChI=1S/C9H9Cl2FN2O/c10-7-6(12)8(11)14-9(13-7)5-2-1-3-15-4-5/h5H,1-4H2. The molecule has 0 spiro atoms. The molecule has 1 unspecified atom stereocenters. The van der Waals surface area contributed by atoms with Gasteiger partial charge in [-0.15, -0.1) is 0 Å². The van der Waals surface area contributed by atoms with Gasteiger partial charge in [0, 0.05) is 12.5 Å². The first kappa shape index (κ1) is 11.0. The molecule has 0 bridgehead atoms. The number of rotatable bonds is 1. The number of nitrogens with zero attached hydrogens (tertiary/aromatic N) is 2. The van der Waals surface area contributed by atoms with Gasteiger partial charge in [0.25, 0.3) is 0 Å². The first-order valence-corrected chi connectivity index (χ1v) is 5.40. The van der Waals surface area contributed by atoms with Crippen molar-refractivity contribution in [1.29, 1.82) is 0 Å². The zero-order valence-electron chi connectivity index (χ0n) is 7.84. The minimum absolute atomic E-state index is 0.0642. The van der Waals surface area contributed by atoms with Gasteiger partial charge in [0.2, 0.25) is 0 Å². The van der Waals surface area contributed by atoms with Crippen molar-refractivity contribution < 1.29 is 9.13 Å². The Morgan fingerprint density at radius 3 is 2.47 bits per heavy atom. The lowest BCUT2D eigenvalue weighted by Crippen LogP contribution is -2.18. The van der Waals surface area contributed by atoms with E-state index in [0.29, 0.717) is 12.4 Å². The smallest absolute Gasteiger partial charge is 0.197 e. The van der Waals surface area contributed by atoms with E-state index < -0.39 is 5.82 Å². The highest BCUT2D eigenvalue weighted by Gasteiger charge is 2.21. The summed E-state index contributed by atoms with van der Waals surface area (Å²) in [4.78, 5) is 7.74. The summed E-state index contributed by atoms with van der Waals surface area (Å²) in [6.45, 7) is 1.29. The highest BCUT2D eigenvalue weighted by Crippen LogP contribution is 2.26. The summed E-state index contributed by atoms with van der Waals surface area (Å²) in [6.07, 6.45) is 1.86. The summed E-state index contributed by atoms with van der Waals surface area (Å²) in [6, 6.07) is 0. The second-order valence-electron chi connectivity index (χ2n) is 3.39. The van der Waals surface area contributed by atoms with Crippen molar-refractivity contribution in [2.24, 2.45) is 0 Å². The maximum Gasteiger partial charge on any atom is 0.197 e. The summed E-state index contributed by atoms with van der Waals surface area (Å²) in [5.41, 5.74) is 0. The third kappa shape index (κ3) is 2.38. The topological polar surface area (TPSA) is 35.0 Å². The van der Waals surface area contributed by atoms with Crippen molar-refractivity contribution in [3.8, 4) is 0 Å². The molecule has 0 N–H and O–H groups in total. The van der Waals surface area contributed by atoms with Crippen LogP contribution in [-0.2, 0) is 4.74 Å². The van der Waals surface area contributed by atoms with E-state index >= 15 is 0 Å². The molecule has 0 saturated carbocycles. The molecular weight excluding hydrogens is 242 g/mol. The van der Waals surface area contributed by atoms with Gasteiger partial charge in [0.05, 0.1) is 6.61 Å². The van der Waals surface area contributed by atoms with Crippen LogP contribution in [0.15, 0.2) is 0 Å². The van der Waals surface area contributed by atoms with Gasteiger partial charge in [-0.3, -0.25) is 0 Å². The molecule has 1 aliphatic rings. The van der Waals surface area contributed by atoms with Crippen LogP contribution in [0.1, 0.15) is 24.6 Å². The van der Waals surface area contributed by atoms with E-state index in [1.165, 1.54) is 0 Å². The molecule has 1 fully saturated rings. The van der Waals surface area contributed by atoms with Gasteiger partial charge < -0.3 is 4.74 Å². The quantitative estimate of drug-likeness (QED) is 0.720. The Labute approximate surface area is 96.6 Å². The minimum Gasteiger partial charge on any atom is -0.381 e. The maximum atomic E-state index is 13.1. The van der Waals surface area contributed by atoms with E-state index in [2.05, 4.69) is 9.97 Å². The second kappa shape index (κ2) is 4.60. The van der Waals surface area contributed by atoms with E-state index in [1.807, 2.05) is 0 Å². The molecule has 0 aliphatic carbocycles. The molecule has 1 aromatic heterocycles. The minimum atomic E-state index is -0.765. The van der Waals surface area contributed by atoms with Gasteiger partial charge in [-0.2, -0.15) is 0 Å². The molecular formula is C9H9Cl2FN2O. The zero-order chi connectivity index (χ0) is 10.8. The summed E-state index contributed by atoms with van der Waals surface area (Å²) < 4.78 is 18.3. The Hall–Kier alpha value is -0.450. The van der Waals surface area contributed by atoms with Gasteiger partial charge in [0.1, 0.15) is 5.82 Å². The highest BCUT2D eigenvalue weighted by atomic mass is 35.5. The van der Waals surface area contributed by atoms with Crippen molar-refractivity contribution >= 4 is 23.2 Å². The number of hydrogen-bond donors (Lipinski definition) is 0. The van der Waals surface area contributed by atoms with E-state index in [1.54, 1.807) is 0 Å². The number of aromatic nitrogens is 2. The first-order chi connectivity index (χ1) is 7.18. The Morgan fingerprint density at radius 1 is 1.27 bits per heavy atom. The average Bonchev–Trinajstić information content (AvgIpc) is 2.26. The van der Waals surface area contributed by atoms with E-state index in [4.69, 9.17) is 27.9 Å². The van der Waals surface area contributed by atoms with Crippen LogP contribution in [0.3, 0.4) is 0 Å². The van der Waals surface area contributed by atoms with Crippen LogP contribution in [0.25, 0.3) is 0 Å². The van der Waals surface area contributed by atoms with Crippen molar-refractivity contribution in [3.05, 3.63) is 21.9 Å². The molecule has 0 aromatic carbocycles. The van der Waals surface area contributed by atoms with Gasteiger partial charge in [-0.1, -0.05) is 23.2 Å². The SMILES string of the molecule is Fc1c(Cl)nc(C2CCCOC2)nc1Cl. The molecule has 1 aromatic rings. The van der Waals surface area contributed by atoms with Crippen LogP contribution >= 0.6 is 23.2 Å². The van der Waals surface area contributed by atoms with Crippen molar-refractivity contribution in [2.45, 2.75) is 18.8 Å². The first-order valence-electron chi connectivity index (χ1n) is 4.64. The van der Waals surface area contributed by atoms with E-state index in [9.17, 15) is 4.39 Å².